The van der Waals surface area contributed by atoms with E-state index in [9.17, 15) is 4.79 Å². The molecule has 0 fully saturated rings. The van der Waals surface area contributed by atoms with Gasteiger partial charge < -0.3 is 14.3 Å². The molecule has 1 atom stereocenters. The van der Waals surface area contributed by atoms with Gasteiger partial charge >= 0.3 is 5.97 Å². The van der Waals surface area contributed by atoms with Crippen molar-refractivity contribution in [2.75, 3.05) is 13.2 Å². The van der Waals surface area contributed by atoms with Crippen molar-refractivity contribution in [2.24, 2.45) is 5.16 Å². The smallest absolute Gasteiger partial charge is 0.356 e. The Morgan fingerprint density at radius 1 is 1.22 bits per heavy atom. The molecule has 0 saturated heterocycles. The Kier molecular flexibility index (Phi) is 7.43. The molecule has 2 rings (SSSR count). The van der Waals surface area contributed by atoms with Gasteiger partial charge in [-0.1, -0.05) is 36.2 Å². The van der Waals surface area contributed by atoms with E-state index >= 15 is 0 Å². The Balaban J connectivity index is 1.46. The number of nitrogens with zero attached hydrogens (tertiary/aromatic N) is 1. The Bertz CT molecular complexity index is 501. The third-order valence-corrected chi connectivity index (χ3v) is 3.68. The van der Waals surface area contributed by atoms with Gasteiger partial charge in [-0.05, 0) is 38.3 Å². The number of benzene rings is 1. The Hall–Kier alpha value is -2.04. The van der Waals surface area contributed by atoms with Crippen LogP contribution in [0.5, 0.6) is 5.75 Å². The minimum Gasteiger partial charge on any atom is -0.494 e. The molecule has 0 spiro atoms. The monoisotopic (exact) mass is 319 g/mol. The molecule has 1 aliphatic rings. The number of esters is 1. The predicted octanol–water partition coefficient (Wildman–Crippen LogP) is 3.72. The number of carbonyl (C=O) groups excluding carboxylic acids is 1. The summed E-state index contributed by atoms with van der Waals surface area (Å²) >= 11 is 0. The van der Waals surface area contributed by atoms with Crippen LogP contribution in [-0.4, -0.2) is 31.0 Å². The lowest BCUT2D eigenvalue weighted by Crippen LogP contribution is -2.18. The molecule has 1 aromatic rings. The number of hydrogen-bond acceptors (Lipinski definition) is 5. The van der Waals surface area contributed by atoms with Crippen LogP contribution in [-0.2, 0) is 14.4 Å². The summed E-state index contributed by atoms with van der Waals surface area (Å²) in [6.45, 7) is 2.90. The fourth-order valence-corrected chi connectivity index (χ4v) is 2.45. The highest BCUT2D eigenvalue weighted by Gasteiger charge is 2.26. The quantitative estimate of drug-likeness (QED) is 0.487. The molecule has 0 aliphatic carbocycles. The third kappa shape index (κ3) is 6.30. The maximum absolute atomic E-state index is 11.5. The maximum atomic E-state index is 11.5. The van der Waals surface area contributed by atoms with Gasteiger partial charge in [-0.3, -0.25) is 0 Å². The Labute approximate surface area is 137 Å². The molecule has 1 aliphatic heterocycles. The van der Waals surface area contributed by atoms with E-state index < -0.39 is 0 Å². The molecule has 23 heavy (non-hydrogen) atoms. The molecular weight excluding hydrogens is 294 g/mol. The van der Waals surface area contributed by atoms with Gasteiger partial charge in [-0.15, -0.1) is 0 Å². The highest BCUT2D eigenvalue weighted by Crippen LogP contribution is 2.18. The Morgan fingerprint density at radius 3 is 2.78 bits per heavy atom. The van der Waals surface area contributed by atoms with Crippen molar-refractivity contribution >= 4 is 11.7 Å². The van der Waals surface area contributed by atoms with E-state index in [-0.39, 0.29) is 12.1 Å². The molecule has 0 N–H and O–H groups in total. The molecule has 1 unspecified atom stereocenters. The second-order valence-corrected chi connectivity index (χ2v) is 5.55. The second-order valence-electron chi connectivity index (χ2n) is 5.55. The van der Waals surface area contributed by atoms with E-state index in [2.05, 4.69) is 5.16 Å². The summed E-state index contributed by atoms with van der Waals surface area (Å²) in [6.07, 6.45) is 5.89. The summed E-state index contributed by atoms with van der Waals surface area (Å²) in [6, 6.07) is 9.87. The van der Waals surface area contributed by atoms with Crippen LogP contribution in [0.4, 0.5) is 0 Å². The normalized spacial score (nSPS) is 16.6. The van der Waals surface area contributed by atoms with E-state index in [1.807, 2.05) is 30.3 Å². The van der Waals surface area contributed by atoms with Gasteiger partial charge in [0.1, 0.15) is 11.9 Å². The van der Waals surface area contributed by atoms with Crippen molar-refractivity contribution in [3.05, 3.63) is 30.3 Å². The van der Waals surface area contributed by atoms with Gasteiger partial charge in [-0.2, -0.15) is 0 Å². The van der Waals surface area contributed by atoms with Crippen molar-refractivity contribution < 1.29 is 19.1 Å². The molecule has 5 nitrogen and oxygen atoms in total. The van der Waals surface area contributed by atoms with Crippen molar-refractivity contribution in [3.63, 3.8) is 0 Å². The van der Waals surface area contributed by atoms with E-state index in [0.29, 0.717) is 18.7 Å². The van der Waals surface area contributed by atoms with Crippen LogP contribution in [0.1, 0.15) is 45.4 Å². The average Bonchev–Trinajstić information content (AvgIpc) is 3.04. The number of hydrogen-bond donors (Lipinski definition) is 0. The van der Waals surface area contributed by atoms with E-state index in [1.165, 1.54) is 0 Å². The number of oxime groups is 1. The number of carbonyl (C=O) groups is 1. The zero-order valence-electron chi connectivity index (χ0n) is 13.7. The summed E-state index contributed by atoms with van der Waals surface area (Å²) in [4.78, 5) is 16.8. The highest BCUT2D eigenvalue weighted by atomic mass is 16.6. The lowest BCUT2D eigenvalue weighted by atomic mass is 10.1. The third-order valence-electron chi connectivity index (χ3n) is 3.68. The van der Waals surface area contributed by atoms with Gasteiger partial charge in [0.05, 0.1) is 13.2 Å². The van der Waals surface area contributed by atoms with Crippen LogP contribution in [0.3, 0.4) is 0 Å². The summed E-state index contributed by atoms with van der Waals surface area (Å²) in [5.74, 6) is 0.573. The lowest BCUT2D eigenvalue weighted by Gasteiger charge is -2.08. The molecule has 0 aromatic heterocycles. The summed E-state index contributed by atoms with van der Waals surface area (Å²) < 4.78 is 10.6. The zero-order valence-corrected chi connectivity index (χ0v) is 13.7. The topological polar surface area (TPSA) is 57.1 Å². The largest absolute Gasteiger partial charge is 0.494 e. The molecule has 5 heteroatoms. The molecule has 0 amide bonds. The van der Waals surface area contributed by atoms with Crippen molar-refractivity contribution in [1.29, 1.82) is 0 Å². The standard InChI is InChI=1S/C18H25NO4/c1-2-21-18(20)17-14-16(23-19-17)12-6-3-4-9-13-22-15-10-7-5-8-11-15/h5,7-8,10-11,16H,2-4,6,9,12-14H2,1H3. The van der Waals surface area contributed by atoms with Crippen LogP contribution < -0.4 is 4.74 Å². The Morgan fingerprint density at radius 2 is 2.00 bits per heavy atom. The molecule has 0 saturated carbocycles. The van der Waals surface area contributed by atoms with Gasteiger partial charge in [0.2, 0.25) is 0 Å². The van der Waals surface area contributed by atoms with Crippen molar-refractivity contribution in [3.8, 4) is 5.75 Å². The molecule has 1 heterocycles. The van der Waals surface area contributed by atoms with Gasteiger partial charge in [0, 0.05) is 6.42 Å². The van der Waals surface area contributed by atoms with Gasteiger partial charge in [-0.25, -0.2) is 4.79 Å². The first kappa shape index (κ1) is 17.3. The lowest BCUT2D eigenvalue weighted by molar-refractivity contribution is -0.135. The first-order valence-electron chi connectivity index (χ1n) is 8.37. The van der Waals surface area contributed by atoms with E-state index in [0.717, 1.165) is 44.5 Å². The molecule has 126 valence electrons. The predicted molar refractivity (Wildman–Crippen MR) is 88.6 cm³/mol. The summed E-state index contributed by atoms with van der Waals surface area (Å²) in [5, 5.41) is 3.82. The van der Waals surface area contributed by atoms with Crippen LogP contribution >= 0.6 is 0 Å². The SMILES string of the molecule is CCOC(=O)C1=NOC(CCCCCCOc2ccccc2)C1. The van der Waals surface area contributed by atoms with Crippen molar-refractivity contribution in [2.45, 2.75) is 51.6 Å². The van der Waals surface area contributed by atoms with Crippen LogP contribution in [0.25, 0.3) is 0 Å². The fourth-order valence-electron chi connectivity index (χ4n) is 2.45. The minimum atomic E-state index is -0.354. The molecular formula is C18H25NO4. The number of ether oxygens (including phenoxy) is 2. The summed E-state index contributed by atoms with van der Waals surface area (Å²) in [7, 11) is 0. The van der Waals surface area contributed by atoms with Crippen LogP contribution in [0.15, 0.2) is 35.5 Å². The summed E-state index contributed by atoms with van der Waals surface area (Å²) in [5.41, 5.74) is 0.410. The second kappa shape index (κ2) is 9.87. The fraction of sp³-hybridized carbons (Fsp3) is 0.556. The molecule has 0 bridgehead atoms. The number of para-hydroxylation sites is 1. The number of rotatable bonds is 10. The molecule has 0 radical (unpaired) electrons. The minimum absolute atomic E-state index is 0.0231. The molecule has 1 aromatic carbocycles. The average molecular weight is 319 g/mol. The van der Waals surface area contributed by atoms with E-state index in [1.54, 1.807) is 6.92 Å². The van der Waals surface area contributed by atoms with Gasteiger partial charge in [0.15, 0.2) is 5.71 Å². The maximum Gasteiger partial charge on any atom is 0.356 e. The first-order chi connectivity index (χ1) is 11.3. The van der Waals surface area contributed by atoms with E-state index in [4.69, 9.17) is 14.3 Å². The van der Waals surface area contributed by atoms with Crippen LogP contribution in [0, 0.1) is 0 Å². The van der Waals surface area contributed by atoms with Crippen molar-refractivity contribution in [1.82, 2.24) is 0 Å². The zero-order chi connectivity index (χ0) is 16.3. The van der Waals surface area contributed by atoms with Crippen LogP contribution in [0.2, 0.25) is 0 Å². The highest BCUT2D eigenvalue weighted by molar-refractivity contribution is 6.36. The van der Waals surface area contributed by atoms with Gasteiger partial charge in [0.25, 0.3) is 0 Å². The first-order valence-corrected chi connectivity index (χ1v) is 8.37. The number of unbranched alkanes of at least 4 members (excludes halogenated alkanes) is 3.